The Morgan fingerprint density at radius 3 is 2.40 bits per heavy atom. The molecule has 1 aromatic heterocycles. The van der Waals surface area contributed by atoms with Crippen molar-refractivity contribution in [1.82, 2.24) is 4.98 Å². The fraction of sp³-hybridized carbons (Fsp3) is 0.208. The Morgan fingerprint density at radius 1 is 1.14 bits per heavy atom. The standard InChI is InChI=1S/C24H20F3N3O4S/c1-32-19-10-15(11-20(33-2)21(19)34-3)7-16(12-28)22(31)30-23-29-13-18(35-23)9-14-5-4-6-17(8-14)24(25,26)27/h4-8,10-11,13H,9H2,1-3H3,(H,29,30,31). The van der Waals surface area contributed by atoms with Gasteiger partial charge < -0.3 is 14.2 Å². The number of nitriles is 1. The van der Waals surface area contributed by atoms with E-state index >= 15 is 0 Å². The molecule has 0 unspecified atom stereocenters. The van der Waals surface area contributed by atoms with Crippen molar-refractivity contribution in [3.63, 3.8) is 0 Å². The number of halogens is 3. The van der Waals surface area contributed by atoms with Crippen LogP contribution < -0.4 is 19.5 Å². The smallest absolute Gasteiger partial charge is 0.416 e. The summed E-state index contributed by atoms with van der Waals surface area (Å²) >= 11 is 1.10. The second-order valence-corrected chi connectivity index (χ2v) is 8.20. The number of aromatic nitrogens is 1. The minimum absolute atomic E-state index is 0.200. The van der Waals surface area contributed by atoms with E-state index in [9.17, 15) is 23.2 Å². The van der Waals surface area contributed by atoms with Crippen LogP contribution in [0.4, 0.5) is 18.3 Å². The van der Waals surface area contributed by atoms with Crippen LogP contribution in [0.1, 0.15) is 21.6 Å². The Hall–Kier alpha value is -4.04. The maximum atomic E-state index is 12.9. The number of carbonyl (C=O) groups is 1. The molecule has 0 aliphatic rings. The third-order valence-electron chi connectivity index (χ3n) is 4.77. The van der Waals surface area contributed by atoms with Gasteiger partial charge in [-0.3, -0.25) is 10.1 Å². The highest BCUT2D eigenvalue weighted by Crippen LogP contribution is 2.38. The molecule has 0 atom stereocenters. The molecule has 0 aliphatic carbocycles. The highest BCUT2D eigenvalue weighted by molar-refractivity contribution is 7.15. The molecule has 35 heavy (non-hydrogen) atoms. The molecule has 0 saturated heterocycles. The molecular formula is C24H20F3N3O4S. The number of carbonyl (C=O) groups excluding carboxylic acids is 1. The lowest BCUT2D eigenvalue weighted by Gasteiger charge is -2.13. The molecule has 0 spiro atoms. The van der Waals surface area contributed by atoms with E-state index in [1.807, 2.05) is 6.07 Å². The molecule has 1 N–H and O–H groups in total. The zero-order valence-electron chi connectivity index (χ0n) is 18.9. The number of rotatable bonds is 8. The van der Waals surface area contributed by atoms with Crippen molar-refractivity contribution >= 4 is 28.5 Å². The second kappa shape index (κ2) is 10.9. The summed E-state index contributed by atoms with van der Waals surface area (Å²) in [5, 5.41) is 12.3. The van der Waals surface area contributed by atoms with Crippen molar-refractivity contribution in [2.24, 2.45) is 0 Å². The number of anilines is 1. The number of thiazole rings is 1. The van der Waals surface area contributed by atoms with E-state index in [2.05, 4.69) is 10.3 Å². The molecule has 0 fully saturated rings. The molecule has 0 aliphatic heterocycles. The number of alkyl halides is 3. The molecule has 0 radical (unpaired) electrons. The molecule has 0 saturated carbocycles. The van der Waals surface area contributed by atoms with Crippen LogP contribution in [0.15, 0.2) is 48.2 Å². The van der Waals surface area contributed by atoms with Gasteiger partial charge in [0.15, 0.2) is 16.6 Å². The van der Waals surface area contributed by atoms with Crippen molar-refractivity contribution in [2.45, 2.75) is 12.6 Å². The molecule has 182 valence electrons. The number of ether oxygens (including phenoxy) is 3. The lowest BCUT2D eigenvalue weighted by atomic mass is 10.1. The number of benzene rings is 2. The second-order valence-electron chi connectivity index (χ2n) is 7.09. The Balaban J connectivity index is 1.77. The zero-order chi connectivity index (χ0) is 25.6. The van der Waals surface area contributed by atoms with Gasteiger partial charge in [0.1, 0.15) is 11.6 Å². The predicted octanol–water partition coefficient (Wildman–Crippen LogP) is 5.32. The summed E-state index contributed by atoms with van der Waals surface area (Å²) < 4.78 is 54.6. The summed E-state index contributed by atoms with van der Waals surface area (Å²) in [6, 6.07) is 10.0. The van der Waals surface area contributed by atoms with Gasteiger partial charge in [0.05, 0.1) is 26.9 Å². The van der Waals surface area contributed by atoms with Crippen LogP contribution in [0.3, 0.4) is 0 Å². The van der Waals surface area contributed by atoms with Gasteiger partial charge in [0, 0.05) is 17.5 Å². The van der Waals surface area contributed by atoms with Crippen LogP contribution in [0.5, 0.6) is 17.2 Å². The van der Waals surface area contributed by atoms with E-state index < -0.39 is 17.6 Å². The van der Waals surface area contributed by atoms with Gasteiger partial charge in [-0.1, -0.05) is 18.2 Å². The number of nitrogens with one attached hydrogen (secondary N) is 1. The summed E-state index contributed by atoms with van der Waals surface area (Å²) in [5.41, 5.74) is -0.00512. The lowest BCUT2D eigenvalue weighted by Crippen LogP contribution is -2.13. The molecule has 1 amide bonds. The number of nitrogens with zero attached hydrogens (tertiary/aromatic N) is 2. The summed E-state index contributed by atoms with van der Waals surface area (Å²) in [6.45, 7) is 0. The Bertz CT molecular complexity index is 1270. The molecule has 3 rings (SSSR count). The zero-order valence-corrected chi connectivity index (χ0v) is 19.7. The topological polar surface area (TPSA) is 93.5 Å². The van der Waals surface area contributed by atoms with Crippen molar-refractivity contribution in [2.75, 3.05) is 26.6 Å². The summed E-state index contributed by atoms with van der Waals surface area (Å²) in [4.78, 5) is 17.4. The maximum absolute atomic E-state index is 12.9. The fourth-order valence-electron chi connectivity index (χ4n) is 3.17. The van der Waals surface area contributed by atoms with Crippen LogP contribution in [-0.2, 0) is 17.4 Å². The average Bonchev–Trinajstić information content (AvgIpc) is 3.27. The number of hydrogen-bond donors (Lipinski definition) is 1. The van der Waals surface area contributed by atoms with E-state index in [1.54, 1.807) is 18.2 Å². The highest BCUT2D eigenvalue weighted by Gasteiger charge is 2.30. The van der Waals surface area contributed by atoms with Crippen molar-refractivity contribution in [3.8, 4) is 23.3 Å². The van der Waals surface area contributed by atoms with Crippen LogP contribution in [0.2, 0.25) is 0 Å². The quantitative estimate of drug-likeness (QED) is 0.330. The SMILES string of the molecule is COc1cc(C=C(C#N)C(=O)Nc2ncc(Cc3cccc(C(F)(F)F)c3)s2)cc(OC)c1OC. The molecule has 1 heterocycles. The van der Waals surface area contributed by atoms with Gasteiger partial charge in [-0.25, -0.2) is 4.98 Å². The van der Waals surface area contributed by atoms with Gasteiger partial charge in [0.25, 0.3) is 5.91 Å². The maximum Gasteiger partial charge on any atom is 0.416 e. The van der Waals surface area contributed by atoms with E-state index in [4.69, 9.17) is 14.2 Å². The Labute approximate surface area is 203 Å². The molecule has 3 aromatic rings. The third kappa shape index (κ3) is 6.30. The van der Waals surface area contributed by atoms with Crippen molar-refractivity contribution in [1.29, 1.82) is 5.26 Å². The predicted molar refractivity (Wildman–Crippen MR) is 125 cm³/mol. The molecule has 2 aromatic carbocycles. The van der Waals surface area contributed by atoms with E-state index in [0.717, 1.165) is 23.5 Å². The van der Waals surface area contributed by atoms with Crippen LogP contribution in [0.25, 0.3) is 6.08 Å². The first-order valence-corrected chi connectivity index (χ1v) is 10.8. The van der Waals surface area contributed by atoms with Gasteiger partial charge >= 0.3 is 6.18 Å². The molecule has 11 heteroatoms. The third-order valence-corrected chi connectivity index (χ3v) is 5.68. The summed E-state index contributed by atoms with van der Waals surface area (Å²) in [7, 11) is 4.35. The fourth-order valence-corrected chi connectivity index (χ4v) is 4.01. The van der Waals surface area contributed by atoms with Gasteiger partial charge in [-0.15, -0.1) is 11.3 Å². The first kappa shape index (κ1) is 25.6. The van der Waals surface area contributed by atoms with Gasteiger partial charge in [0.2, 0.25) is 5.75 Å². The highest BCUT2D eigenvalue weighted by atomic mass is 32.1. The lowest BCUT2D eigenvalue weighted by molar-refractivity contribution is -0.137. The minimum Gasteiger partial charge on any atom is -0.493 e. The Kier molecular flexibility index (Phi) is 7.98. The monoisotopic (exact) mass is 503 g/mol. The number of methoxy groups -OCH3 is 3. The van der Waals surface area contributed by atoms with Crippen molar-refractivity contribution < 1.29 is 32.2 Å². The molecule has 0 bridgehead atoms. The molecule has 7 nitrogen and oxygen atoms in total. The first-order valence-electron chi connectivity index (χ1n) is 10.0. The van der Waals surface area contributed by atoms with Crippen LogP contribution in [-0.4, -0.2) is 32.2 Å². The normalized spacial score (nSPS) is 11.5. The van der Waals surface area contributed by atoms with Crippen LogP contribution in [0, 0.1) is 11.3 Å². The van der Waals surface area contributed by atoms with Crippen molar-refractivity contribution in [3.05, 3.63) is 69.7 Å². The first-order chi connectivity index (χ1) is 16.7. The summed E-state index contributed by atoms with van der Waals surface area (Å²) in [5.74, 6) is 0.386. The summed E-state index contributed by atoms with van der Waals surface area (Å²) in [6.07, 6.45) is -1.39. The number of amides is 1. The van der Waals surface area contributed by atoms with E-state index in [-0.39, 0.29) is 17.1 Å². The average molecular weight is 504 g/mol. The van der Waals surface area contributed by atoms with Gasteiger partial charge in [-0.2, -0.15) is 18.4 Å². The van der Waals surface area contributed by atoms with E-state index in [1.165, 1.54) is 39.7 Å². The van der Waals surface area contributed by atoms with E-state index in [0.29, 0.717) is 33.3 Å². The van der Waals surface area contributed by atoms with Crippen LogP contribution >= 0.6 is 11.3 Å². The Morgan fingerprint density at radius 2 is 1.83 bits per heavy atom. The number of hydrogen-bond acceptors (Lipinski definition) is 7. The molecular weight excluding hydrogens is 483 g/mol. The van der Waals surface area contributed by atoms with Gasteiger partial charge in [-0.05, 0) is 35.4 Å². The minimum atomic E-state index is -4.43. The largest absolute Gasteiger partial charge is 0.493 e.